The van der Waals surface area contributed by atoms with E-state index in [1.165, 1.54) is 40.4 Å². The first-order valence-corrected chi connectivity index (χ1v) is 10.2. The molecule has 134 valence electrons. The van der Waals surface area contributed by atoms with Gasteiger partial charge >= 0.3 is 0 Å². The van der Waals surface area contributed by atoms with Gasteiger partial charge in [-0.3, -0.25) is 9.69 Å². The molecule has 6 heteroatoms. The molecule has 0 spiro atoms. The average molecular weight is 387 g/mol. The van der Waals surface area contributed by atoms with Gasteiger partial charge in [0.25, 0.3) is 0 Å². The first kappa shape index (κ1) is 18.6. The molecule has 0 saturated carbocycles. The Labute approximate surface area is 160 Å². The predicted octanol–water partition coefficient (Wildman–Crippen LogP) is 5.71. The maximum Gasteiger partial charge on any atom is 0.230 e. The van der Waals surface area contributed by atoms with Gasteiger partial charge in [-0.05, 0) is 30.2 Å². The van der Waals surface area contributed by atoms with E-state index in [0.29, 0.717) is 5.13 Å². The Balaban J connectivity index is 1.71. The predicted molar refractivity (Wildman–Crippen MR) is 108 cm³/mol. The standard InChI is InChI=1S/C20H19FN2OS2/c1-14-7-3-4-8-16(14)11-25-12-17-13-26-20(22-17)23(15(2)24)19-10-6-5-9-18(19)21/h3-10,13H,11-12H2,1-2H3. The van der Waals surface area contributed by atoms with E-state index < -0.39 is 5.82 Å². The third-order valence-electron chi connectivity index (χ3n) is 3.91. The number of carbonyl (C=O) groups is 1. The second-order valence-electron chi connectivity index (χ2n) is 5.85. The number of para-hydroxylation sites is 1. The molecule has 1 aromatic heterocycles. The van der Waals surface area contributed by atoms with Gasteiger partial charge < -0.3 is 0 Å². The van der Waals surface area contributed by atoms with E-state index in [1.807, 2.05) is 17.5 Å². The summed E-state index contributed by atoms with van der Waals surface area (Å²) < 4.78 is 14.1. The van der Waals surface area contributed by atoms with Gasteiger partial charge in [-0.2, -0.15) is 11.8 Å². The highest BCUT2D eigenvalue weighted by Gasteiger charge is 2.20. The molecule has 3 nitrogen and oxygen atoms in total. The van der Waals surface area contributed by atoms with Crippen LogP contribution in [0.4, 0.5) is 15.2 Å². The van der Waals surface area contributed by atoms with E-state index in [1.54, 1.807) is 30.0 Å². The first-order valence-electron chi connectivity index (χ1n) is 8.18. The monoisotopic (exact) mass is 386 g/mol. The Morgan fingerprint density at radius 3 is 2.62 bits per heavy atom. The van der Waals surface area contributed by atoms with Crippen LogP contribution in [0.25, 0.3) is 0 Å². The smallest absolute Gasteiger partial charge is 0.230 e. The summed E-state index contributed by atoms with van der Waals surface area (Å²) in [6.45, 7) is 3.52. The third kappa shape index (κ3) is 4.31. The summed E-state index contributed by atoms with van der Waals surface area (Å²) in [6, 6.07) is 14.6. The number of aryl methyl sites for hydroxylation is 1. The number of anilines is 2. The van der Waals surface area contributed by atoms with E-state index in [2.05, 4.69) is 24.0 Å². The highest BCUT2D eigenvalue weighted by Crippen LogP contribution is 2.32. The summed E-state index contributed by atoms with van der Waals surface area (Å²) in [7, 11) is 0. The summed E-state index contributed by atoms with van der Waals surface area (Å²) in [6.07, 6.45) is 0. The number of hydrogen-bond acceptors (Lipinski definition) is 4. The molecule has 3 aromatic rings. The lowest BCUT2D eigenvalue weighted by Crippen LogP contribution is -2.23. The number of amides is 1. The van der Waals surface area contributed by atoms with Crippen molar-refractivity contribution >= 4 is 39.8 Å². The minimum absolute atomic E-state index is 0.230. The van der Waals surface area contributed by atoms with E-state index in [0.717, 1.165) is 17.2 Å². The van der Waals surface area contributed by atoms with Crippen LogP contribution < -0.4 is 4.90 Å². The number of nitrogens with zero attached hydrogens (tertiary/aromatic N) is 2. The minimum atomic E-state index is -0.437. The van der Waals surface area contributed by atoms with Crippen LogP contribution in [0, 0.1) is 12.7 Å². The first-order chi connectivity index (χ1) is 12.6. The summed E-state index contributed by atoms with van der Waals surface area (Å²) in [5, 5.41) is 2.42. The second-order valence-corrected chi connectivity index (χ2v) is 7.67. The molecule has 0 saturated heterocycles. The minimum Gasteiger partial charge on any atom is -0.274 e. The molecular weight excluding hydrogens is 367 g/mol. The van der Waals surface area contributed by atoms with Crippen molar-refractivity contribution in [3.8, 4) is 0 Å². The van der Waals surface area contributed by atoms with Crippen molar-refractivity contribution in [2.45, 2.75) is 25.4 Å². The van der Waals surface area contributed by atoms with Crippen LogP contribution in [0.3, 0.4) is 0 Å². The molecule has 0 aliphatic heterocycles. The zero-order valence-electron chi connectivity index (χ0n) is 14.6. The number of hydrogen-bond donors (Lipinski definition) is 0. The number of rotatable bonds is 6. The van der Waals surface area contributed by atoms with Crippen LogP contribution in [0.5, 0.6) is 0 Å². The SMILES string of the molecule is CC(=O)N(c1nc(CSCc2ccccc2C)cs1)c1ccccc1F. The van der Waals surface area contributed by atoms with Crippen molar-refractivity contribution in [2.24, 2.45) is 0 Å². The van der Waals surface area contributed by atoms with Crippen molar-refractivity contribution in [3.63, 3.8) is 0 Å². The van der Waals surface area contributed by atoms with Crippen LogP contribution in [0.15, 0.2) is 53.9 Å². The number of benzene rings is 2. The highest BCUT2D eigenvalue weighted by atomic mass is 32.2. The molecule has 0 aliphatic carbocycles. The zero-order chi connectivity index (χ0) is 18.5. The van der Waals surface area contributed by atoms with E-state index in [4.69, 9.17) is 0 Å². The summed E-state index contributed by atoms with van der Waals surface area (Å²) in [5.41, 5.74) is 3.71. The van der Waals surface area contributed by atoms with Crippen molar-refractivity contribution < 1.29 is 9.18 Å². The Morgan fingerprint density at radius 1 is 1.15 bits per heavy atom. The fourth-order valence-corrected chi connectivity index (χ4v) is 4.53. The van der Waals surface area contributed by atoms with Crippen LogP contribution in [0.1, 0.15) is 23.7 Å². The molecule has 26 heavy (non-hydrogen) atoms. The van der Waals surface area contributed by atoms with Crippen molar-refractivity contribution in [3.05, 3.63) is 76.5 Å². The molecule has 1 heterocycles. The van der Waals surface area contributed by atoms with E-state index >= 15 is 0 Å². The lowest BCUT2D eigenvalue weighted by atomic mass is 10.1. The van der Waals surface area contributed by atoms with Gasteiger partial charge in [-0.15, -0.1) is 11.3 Å². The molecular formula is C20H19FN2OS2. The summed E-state index contributed by atoms with van der Waals surface area (Å²) in [4.78, 5) is 17.9. The fourth-order valence-electron chi connectivity index (χ4n) is 2.54. The third-order valence-corrected chi connectivity index (χ3v) is 5.80. The summed E-state index contributed by atoms with van der Waals surface area (Å²) >= 11 is 3.13. The fraction of sp³-hybridized carbons (Fsp3) is 0.200. The second kappa shape index (κ2) is 8.47. The van der Waals surface area contributed by atoms with Gasteiger partial charge in [-0.1, -0.05) is 36.4 Å². The van der Waals surface area contributed by atoms with Gasteiger partial charge in [0.2, 0.25) is 5.91 Å². The summed E-state index contributed by atoms with van der Waals surface area (Å²) in [5.74, 6) is 0.953. The van der Waals surface area contributed by atoms with Crippen LogP contribution in [-0.2, 0) is 16.3 Å². The molecule has 1 amide bonds. The number of aromatic nitrogens is 1. The molecule has 3 rings (SSSR count). The maximum atomic E-state index is 14.1. The van der Waals surface area contributed by atoms with Gasteiger partial charge in [0.15, 0.2) is 5.13 Å². The lowest BCUT2D eigenvalue weighted by molar-refractivity contribution is -0.115. The Bertz CT molecular complexity index is 910. The highest BCUT2D eigenvalue weighted by molar-refractivity contribution is 7.97. The van der Waals surface area contributed by atoms with E-state index in [9.17, 15) is 9.18 Å². The molecule has 0 fully saturated rings. The largest absolute Gasteiger partial charge is 0.274 e. The lowest BCUT2D eigenvalue weighted by Gasteiger charge is -2.18. The number of thioether (sulfide) groups is 1. The molecule has 0 N–H and O–H groups in total. The van der Waals surface area contributed by atoms with Gasteiger partial charge in [0.05, 0.1) is 11.4 Å². The molecule has 0 atom stereocenters. The normalized spacial score (nSPS) is 10.7. The van der Waals surface area contributed by atoms with Gasteiger partial charge in [-0.25, -0.2) is 9.37 Å². The average Bonchev–Trinajstić information content (AvgIpc) is 3.07. The Morgan fingerprint density at radius 2 is 1.88 bits per heavy atom. The van der Waals surface area contributed by atoms with Gasteiger partial charge in [0, 0.05) is 23.8 Å². The topological polar surface area (TPSA) is 33.2 Å². The van der Waals surface area contributed by atoms with E-state index in [-0.39, 0.29) is 11.6 Å². The molecule has 0 bridgehead atoms. The Hall–Kier alpha value is -2.18. The number of thiazole rings is 1. The quantitative estimate of drug-likeness (QED) is 0.544. The van der Waals surface area contributed by atoms with Crippen molar-refractivity contribution in [2.75, 3.05) is 4.90 Å². The van der Waals surface area contributed by atoms with Crippen molar-refractivity contribution in [1.29, 1.82) is 0 Å². The number of halogens is 1. The molecule has 0 aliphatic rings. The van der Waals surface area contributed by atoms with Gasteiger partial charge in [0.1, 0.15) is 5.82 Å². The molecule has 2 aromatic carbocycles. The van der Waals surface area contributed by atoms with Crippen LogP contribution in [-0.4, -0.2) is 10.9 Å². The Kier molecular flexibility index (Phi) is 6.06. The zero-order valence-corrected chi connectivity index (χ0v) is 16.2. The van der Waals surface area contributed by atoms with Crippen LogP contribution >= 0.6 is 23.1 Å². The molecule has 0 unspecified atom stereocenters. The van der Waals surface area contributed by atoms with Crippen molar-refractivity contribution in [1.82, 2.24) is 4.98 Å². The van der Waals surface area contributed by atoms with Crippen LogP contribution in [0.2, 0.25) is 0 Å². The molecule has 0 radical (unpaired) electrons. The number of carbonyl (C=O) groups excluding carboxylic acids is 1. The maximum absolute atomic E-state index is 14.1.